The fourth-order valence-electron chi connectivity index (χ4n) is 3.09. The van der Waals surface area contributed by atoms with Crippen molar-refractivity contribution in [3.05, 3.63) is 71.3 Å². The summed E-state index contributed by atoms with van der Waals surface area (Å²) in [5, 5.41) is 2.89. The Morgan fingerprint density at radius 2 is 1.48 bits per heavy atom. The Morgan fingerprint density at radius 1 is 0.931 bits per heavy atom. The third-order valence-electron chi connectivity index (χ3n) is 4.75. The lowest BCUT2D eigenvalue weighted by atomic mass is 10.1. The van der Waals surface area contributed by atoms with Crippen molar-refractivity contribution in [3.63, 3.8) is 0 Å². The van der Waals surface area contributed by atoms with E-state index < -0.39 is 6.04 Å². The van der Waals surface area contributed by atoms with Crippen molar-refractivity contribution in [2.75, 3.05) is 6.54 Å². The molecule has 0 heterocycles. The molecule has 1 atom stereocenters. The quantitative estimate of drug-likeness (QED) is 0.605. The third-order valence-corrected chi connectivity index (χ3v) is 4.75. The molecule has 156 valence electrons. The summed E-state index contributed by atoms with van der Waals surface area (Å²) in [6.45, 7) is 4.64. The molecule has 4 nitrogen and oxygen atoms in total. The topological polar surface area (TPSA) is 49.4 Å². The highest BCUT2D eigenvalue weighted by Crippen LogP contribution is 2.15. The van der Waals surface area contributed by atoms with Crippen molar-refractivity contribution in [1.29, 1.82) is 0 Å². The number of hydrogen-bond donors (Lipinski definition) is 1. The number of benzene rings is 2. The van der Waals surface area contributed by atoms with Gasteiger partial charge in [0.05, 0.1) is 6.42 Å². The van der Waals surface area contributed by atoms with Crippen molar-refractivity contribution < 1.29 is 18.4 Å². The lowest BCUT2D eigenvalue weighted by Gasteiger charge is -2.31. The number of carbonyl (C=O) groups is 2. The van der Waals surface area contributed by atoms with Gasteiger partial charge in [-0.25, -0.2) is 8.78 Å². The molecule has 0 spiro atoms. The molecular formula is C23H28F2N2O2. The first-order valence-corrected chi connectivity index (χ1v) is 10.0. The van der Waals surface area contributed by atoms with Gasteiger partial charge in [0.2, 0.25) is 11.8 Å². The van der Waals surface area contributed by atoms with Gasteiger partial charge in [0, 0.05) is 13.1 Å². The average Bonchev–Trinajstić information content (AvgIpc) is 2.71. The summed E-state index contributed by atoms with van der Waals surface area (Å²) in [5.74, 6) is -1.16. The molecule has 2 rings (SSSR count). The molecular weight excluding hydrogens is 374 g/mol. The summed E-state index contributed by atoms with van der Waals surface area (Å²) < 4.78 is 26.4. The number of nitrogens with zero attached hydrogens (tertiary/aromatic N) is 1. The van der Waals surface area contributed by atoms with Gasteiger partial charge in [-0.05, 0) is 48.2 Å². The molecule has 2 aromatic rings. The van der Waals surface area contributed by atoms with Crippen LogP contribution in [0.3, 0.4) is 0 Å². The first-order valence-electron chi connectivity index (χ1n) is 10.0. The lowest BCUT2D eigenvalue weighted by Crippen LogP contribution is -2.49. The van der Waals surface area contributed by atoms with Crippen molar-refractivity contribution in [2.24, 2.45) is 0 Å². The van der Waals surface area contributed by atoms with Crippen molar-refractivity contribution >= 4 is 11.8 Å². The minimum atomic E-state index is -0.634. The number of rotatable bonds is 10. The molecule has 0 aromatic heterocycles. The molecule has 0 bridgehead atoms. The lowest BCUT2D eigenvalue weighted by molar-refractivity contribution is -0.140. The molecule has 1 N–H and O–H groups in total. The maximum Gasteiger partial charge on any atom is 0.242 e. The van der Waals surface area contributed by atoms with E-state index in [0.717, 1.165) is 18.4 Å². The van der Waals surface area contributed by atoms with Crippen LogP contribution in [0.4, 0.5) is 8.78 Å². The van der Waals surface area contributed by atoms with E-state index in [0.29, 0.717) is 18.5 Å². The molecule has 0 fully saturated rings. The van der Waals surface area contributed by atoms with Gasteiger partial charge in [0.1, 0.15) is 17.7 Å². The van der Waals surface area contributed by atoms with Crippen molar-refractivity contribution in [3.8, 4) is 0 Å². The van der Waals surface area contributed by atoms with E-state index in [1.54, 1.807) is 24.3 Å². The highest BCUT2D eigenvalue weighted by Gasteiger charge is 2.28. The standard InChI is InChI=1S/C23H28F2N2O2/c1-3-5-14-26-23(29)21(4-2)27(16-18-8-12-20(25)13-9-18)22(28)15-17-6-10-19(24)11-7-17/h6-13,21H,3-5,14-16H2,1-2H3,(H,26,29)/t21-/m0/s1. The number of unbranched alkanes of at least 4 members (excludes halogenated alkanes) is 1. The predicted molar refractivity (Wildman–Crippen MR) is 109 cm³/mol. The van der Waals surface area contributed by atoms with Gasteiger partial charge in [0.25, 0.3) is 0 Å². The summed E-state index contributed by atoms with van der Waals surface area (Å²) in [7, 11) is 0. The molecule has 2 amide bonds. The van der Waals surface area contributed by atoms with Crippen LogP contribution in [0.1, 0.15) is 44.2 Å². The minimum Gasteiger partial charge on any atom is -0.354 e. The fraction of sp³-hybridized carbons (Fsp3) is 0.391. The first kappa shape index (κ1) is 22.5. The average molecular weight is 402 g/mol. The SMILES string of the molecule is CCCCNC(=O)[C@H](CC)N(Cc1ccc(F)cc1)C(=O)Cc1ccc(F)cc1. The van der Waals surface area contributed by atoms with Crippen molar-refractivity contribution in [1.82, 2.24) is 10.2 Å². The van der Waals surface area contributed by atoms with Crippen LogP contribution in [0.25, 0.3) is 0 Å². The Morgan fingerprint density at radius 3 is 2.00 bits per heavy atom. The van der Waals surface area contributed by atoms with E-state index in [1.807, 2.05) is 13.8 Å². The second kappa shape index (κ2) is 11.3. The molecule has 0 aliphatic carbocycles. The highest BCUT2D eigenvalue weighted by molar-refractivity contribution is 5.88. The van der Waals surface area contributed by atoms with E-state index >= 15 is 0 Å². The second-order valence-electron chi connectivity index (χ2n) is 7.02. The molecule has 2 aromatic carbocycles. The molecule has 0 aliphatic heterocycles. The molecule has 0 saturated carbocycles. The third kappa shape index (κ3) is 6.97. The van der Waals surface area contributed by atoms with Gasteiger partial charge < -0.3 is 10.2 Å². The van der Waals surface area contributed by atoms with Crippen LogP contribution in [0, 0.1) is 11.6 Å². The summed E-state index contributed by atoms with van der Waals surface area (Å²) in [6, 6.07) is 11.0. The van der Waals surface area contributed by atoms with E-state index in [-0.39, 0.29) is 36.4 Å². The zero-order valence-electron chi connectivity index (χ0n) is 17.0. The molecule has 6 heteroatoms. The van der Waals surface area contributed by atoms with E-state index in [1.165, 1.54) is 29.2 Å². The van der Waals surface area contributed by atoms with Gasteiger partial charge in [-0.2, -0.15) is 0 Å². The summed E-state index contributed by atoms with van der Waals surface area (Å²) in [4.78, 5) is 27.3. The normalized spacial score (nSPS) is 11.7. The first-order chi connectivity index (χ1) is 13.9. The van der Waals surface area contributed by atoms with Crippen LogP contribution in [-0.2, 0) is 22.6 Å². The van der Waals surface area contributed by atoms with Crippen molar-refractivity contribution in [2.45, 2.75) is 52.1 Å². The summed E-state index contributed by atoms with van der Waals surface area (Å²) in [5.41, 5.74) is 1.40. The minimum absolute atomic E-state index is 0.0558. The van der Waals surface area contributed by atoms with Crippen LogP contribution in [0.5, 0.6) is 0 Å². The van der Waals surface area contributed by atoms with Crippen LogP contribution < -0.4 is 5.32 Å². The maximum atomic E-state index is 13.3. The van der Waals surface area contributed by atoms with Crippen LogP contribution in [0.2, 0.25) is 0 Å². The Bertz CT molecular complexity index is 792. The van der Waals surface area contributed by atoms with Crippen LogP contribution >= 0.6 is 0 Å². The Labute approximate surface area is 170 Å². The molecule has 29 heavy (non-hydrogen) atoms. The molecule has 0 aliphatic rings. The largest absolute Gasteiger partial charge is 0.354 e. The van der Waals surface area contributed by atoms with Gasteiger partial charge >= 0.3 is 0 Å². The smallest absolute Gasteiger partial charge is 0.242 e. The number of carbonyl (C=O) groups excluding carboxylic acids is 2. The second-order valence-corrected chi connectivity index (χ2v) is 7.02. The van der Waals surface area contributed by atoms with Crippen LogP contribution in [-0.4, -0.2) is 29.3 Å². The van der Waals surface area contributed by atoms with Gasteiger partial charge in [-0.1, -0.05) is 44.5 Å². The number of halogens is 2. The van der Waals surface area contributed by atoms with E-state index in [4.69, 9.17) is 0 Å². The summed E-state index contributed by atoms with van der Waals surface area (Å²) in [6.07, 6.45) is 2.33. The molecule has 0 radical (unpaired) electrons. The Balaban J connectivity index is 2.22. The monoisotopic (exact) mass is 402 g/mol. The van der Waals surface area contributed by atoms with E-state index in [2.05, 4.69) is 5.32 Å². The number of nitrogens with one attached hydrogen (secondary N) is 1. The zero-order valence-corrected chi connectivity index (χ0v) is 17.0. The molecule has 0 unspecified atom stereocenters. The van der Waals surface area contributed by atoms with Gasteiger partial charge in [-0.3, -0.25) is 9.59 Å². The Kier molecular flexibility index (Phi) is 8.77. The zero-order chi connectivity index (χ0) is 21.2. The Hall–Kier alpha value is -2.76. The fourth-order valence-corrected chi connectivity index (χ4v) is 3.09. The predicted octanol–water partition coefficient (Wildman–Crippen LogP) is 4.23. The number of hydrogen-bond acceptors (Lipinski definition) is 2. The number of amides is 2. The molecule has 0 saturated heterocycles. The van der Waals surface area contributed by atoms with Gasteiger partial charge in [0.15, 0.2) is 0 Å². The van der Waals surface area contributed by atoms with E-state index in [9.17, 15) is 18.4 Å². The van der Waals surface area contributed by atoms with Crippen LogP contribution in [0.15, 0.2) is 48.5 Å². The van der Waals surface area contributed by atoms with Gasteiger partial charge in [-0.15, -0.1) is 0 Å². The summed E-state index contributed by atoms with van der Waals surface area (Å²) >= 11 is 0. The maximum absolute atomic E-state index is 13.3. The highest BCUT2D eigenvalue weighted by atomic mass is 19.1.